The van der Waals surface area contributed by atoms with E-state index < -0.39 is 35.4 Å². The number of thioether (sulfide) groups is 1. The van der Waals surface area contributed by atoms with Crippen molar-refractivity contribution in [3.05, 3.63) is 0 Å². The third-order valence-corrected chi connectivity index (χ3v) is 2.78. The van der Waals surface area contributed by atoms with E-state index >= 15 is 0 Å². The van der Waals surface area contributed by atoms with E-state index in [-0.39, 0.29) is 5.12 Å². The van der Waals surface area contributed by atoms with E-state index in [0.717, 1.165) is 7.11 Å². The van der Waals surface area contributed by atoms with Crippen molar-refractivity contribution in [3.8, 4) is 0 Å². The molecule has 0 rings (SSSR count). The molecule has 1 unspecified atom stereocenters. The second-order valence-corrected chi connectivity index (χ2v) is 4.48. The van der Waals surface area contributed by atoms with Crippen LogP contribution in [-0.4, -0.2) is 63.0 Å². The van der Waals surface area contributed by atoms with E-state index in [0.29, 0.717) is 11.8 Å². The van der Waals surface area contributed by atoms with Crippen molar-refractivity contribution >= 4 is 34.7 Å². The third-order valence-electron chi connectivity index (χ3n) is 1.97. The number of hydrogen-bond acceptors (Lipinski definition) is 7. The van der Waals surface area contributed by atoms with Crippen LogP contribution in [0.4, 0.5) is 0 Å². The highest BCUT2D eigenvalue weighted by Crippen LogP contribution is 2.13. The summed E-state index contributed by atoms with van der Waals surface area (Å²) in [5.41, 5.74) is 0. The Morgan fingerprint density at radius 3 is 2.16 bits per heavy atom. The van der Waals surface area contributed by atoms with Gasteiger partial charge in [0.15, 0.2) is 11.2 Å². The van der Waals surface area contributed by atoms with Gasteiger partial charge >= 0.3 is 11.9 Å². The fraction of sp³-hybridized carbons (Fsp3) is 0.556. The Bertz CT molecular complexity index is 398. The summed E-state index contributed by atoms with van der Waals surface area (Å²) in [6, 6.07) is -2.21. The van der Waals surface area contributed by atoms with Crippen LogP contribution in [0, 0.1) is 0 Å². The number of nitrogens with one attached hydrogen (secondary N) is 1. The topological polar surface area (TPSA) is 150 Å². The van der Waals surface area contributed by atoms with E-state index in [2.05, 4.69) is 4.74 Å². The predicted molar refractivity (Wildman–Crippen MR) is 62.3 cm³/mol. The molecule has 10 heteroatoms. The van der Waals surface area contributed by atoms with E-state index in [1.54, 1.807) is 5.32 Å². The van der Waals surface area contributed by atoms with Crippen molar-refractivity contribution in [2.24, 2.45) is 0 Å². The van der Waals surface area contributed by atoms with Crippen LogP contribution in [0.5, 0.6) is 0 Å². The lowest BCUT2D eigenvalue weighted by molar-refractivity contribution is -0.227. The van der Waals surface area contributed by atoms with Crippen molar-refractivity contribution in [1.82, 2.24) is 5.32 Å². The summed E-state index contributed by atoms with van der Waals surface area (Å²) in [6.45, 7) is 1.20. The molecule has 0 aliphatic heterocycles. The lowest BCUT2D eigenvalue weighted by Gasteiger charge is -2.28. The first-order valence-corrected chi connectivity index (χ1v) is 5.80. The molecule has 0 aromatic carbocycles. The molecule has 0 aliphatic rings. The number of amides is 1. The summed E-state index contributed by atoms with van der Waals surface area (Å²) in [5.74, 6) is -8.21. The summed E-state index contributed by atoms with van der Waals surface area (Å²) in [4.78, 5) is 43.7. The number of methoxy groups -OCH3 is 1. The summed E-state index contributed by atoms with van der Waals surface area (Å²) >= 11 is 0.606. The van der Waals surface area contributed by atoms with Gasteiger partial charge in [0, 0.05) is 14.0 Å². The van der Waals surface area contributed by atoms with Crippen LogP contribution in [0.2, 0.25) is 0 Å². The monoisotopic (exact) mass is 295 g/mol. The molecule has 0 aliphatic carbocycles. The Morgan fingerprint density at radius 2 is 1.84 bits per heavy atom. The van der Waals surface area contributed by atoms with E-state index in [4.69, 9.17) is 10.2 Å². The average molecular weight is 295 g/mol. The zero-order valence-corrected chi connectivity index (χ0v) is 10.9. The molecule has 0 spiro atoms. The highest BCUT2D eigenvalue weighted by atomic mass is 32.2. The fourth-order valence-electron chi connectivity index (χ4n) is 1.03. The molecule has 1 amide bonds. The maximum absolute atomic E-state index is 11.3. The molecule has 0 saturated carbocycles. The number of carboxylic acid groups (broad SMARTS) is 2. The van der Waals surface area contributed by atoms with Gasteiger partial charge < -0.3 is 25.4 Å². The van der Waals surface area contributed by atoms with Crippen LogP contribution in [0.1, 0.15) is 6.92 Å². The Morgan fingerprint density at radius 1 is 1.32 bits per heavy atom. The van der Waals surface area contributed by atoms with Crippen molar-refractivity contribution in [2.45, 2.75) is 18.8 Å². The molecule has 0 fully saturated rings. The number of carbonyl (C=O) groups excluding carboxylic acids is 2. The number of aliphatic carboxylic acids is 2. The Kier molecular flexibility index (Phi) is 6.45. The van der Waals surface area contributed by atoms with E-state index in [1.165, 1.54) is 6.92 Å². The van der Waals surface area contributed by atoms with Gasteiger partial charge in [-0.1, -0.05) is 11.8 Å². The molecule has 0 saturated heterocycles. The van der Waals surface area contributed by atoms with Gasteiger partial charge in [0.1, 0.15) is 0 Å². The van der Waals surface area contributed by atoms with Crippen molar-refractivity contribution < 1.29 is 39.2 Å². The summed E-state index contributed by atoms with van der Waals surface area (Å²) in [7, 11) is 0.778. The number of aliphatic hydroxyl groups is 1. The zero-order valence-electron chi connectivity index (χ0n) is 10.1. The first-order chi connectivity index (χ1) is 8.65. The van der Waals surface area contributed by atoms with Crippen LogP contribution < -0.4 is 5.32 Å². The minimum Gasteiger partial charge on any atom is -0.480 e. The Labute approximate surface area is 111 Å². The maximum Gasteiger partial charge on any atom is 0.367 e. The van der Waals surface area contributed by atoms with E-state index in [1.807, 2.05) is 0 Å². The van der Waals surface area contributed by atoms with Crippen molar-refractivity contribution in [2.75, 3.05) is 12.9 Å². The van der Waals surface area contributed by atoms with Gasteiger partial charge in [-0.2, -0.15) is 0 Å². The molecule has 0 radical (unpaired) electrons. The first kappa shape index (κ1) is 17.4. The fourth-order valence-corrected chi connectivity index (χ4v) is 1.44. The van der Waals surface area contributed by atoms with Gasteiger partial charge in [0.25, 0.3) is 5.79 Å². The Hall–Kier alpha value is -1.65. The van der Waals surface area contributed by atoms with Crippen LogP contribution in [0.15, 0.2) is 0 Å². The molecule has 0 heterocycles. The number of hydrogen-bond donors (Lipinski definition) is 4. The molecule has 19 heavy (non-hydrogen) atoms. The largest absolute Gasteiger partial charge is 0.480 e. The van der Waals surface area contributed by atoms with Crippen LogP contribution in [0.3, 0.4) is 0 Å². The Balaban J connectivity index is 4.94. The van der Waals surface area contributed by atoms with Gasteiger partial charge in [0.2, 0.25) is 5.91 Å². The first-order valence-electron chi connectivity index (χ1n) is 4.81. The second-order valence-electron chi connectivity index (χ2n) is 3.32. The molecule has 108 valence electrons. The highest BCUT2D eigenvalue weighted by molar-refractivity contribution is 8.14. The van der Waals surface area contributed by atoms with Gasteiger partial charge in [-0.3, -0.25) is 9.59 Å². The molecule has 0 bridgehead atoms. The molecule has 9 nitrogen and oxygen atoms in total. The smallest absolute Gasteiger partial charge is 0.367 e. The SMILES string of the molecule is CO[C@](O)(C(=O)O)C(NC(=O)CSC(C)=O)C(=O)O. The lowest BCUT2D eigenvalue weighted by atomic mass is 10.1. The molecular formula is C9H13NO8S. The quantitative estimate of drug-likeness (QED) is 0.401. The van der Waals surface area contributed by atoms with Gasteiger partial charge in [-0.15, -0.1) is 0 Å². The average Bonchev–Trinajstić information content (AvgIpc) is 2.31. The number of ether oxygens (including phenoxy) is 1. The van der Waals surface area contributed by atoms with Crippen LogP contribution >= 0.6 is 11.8 Å². The number of carboxylic acids is 2. The molecule has 0 aromatic rings. The third kappa shape index (κ3) is 4.85. The molecule has 0 aromatic heterocycles. The summed E-state index contributed by atoms with van der Waals surface area (Å²) < 4.78 is 4.24. The normalized spacial score (nSPS) is 15.1. The second kappa shape index (κ2) is 7.07. The number of carbonyl (C=O) groups is 4. The summed E-state index contributed by atoms with van der Waals surface area (Å²) in [6.07, 6.45) is 0. The maximum atomic E-state index is 11.3. The van der Waals surface area contributed by atoms with E-state index in [9.17, 15) is 24.3 Å². The predicted octanol–water partition coefficient (Wildman–Crippen LogP) is -1.74. The van der Waals surface area contributed by atoms with Gasteiger partial charge in [-0.25, -0.2) is 9.59 Å². The molecule has 4 N–H and O–H groups in total. The van der Waals surface area contributed by atoms with Crippen molar-refractivity contribution in [3.63, 3.8) is 0 Å². The molecular weight excluding hydrogens is 282 g/mol. The zero-order chi connectivity index (χ0) is 15.2. The van der Waals surface area contributed by atoms with Gasteiger partial charge in [-0.05, 0) is 0 Å². The van der Waals surface area contributed by atoms with Gasteiger partial charge in [0.05, 0.1) is 5.75 Å². The lowest BCUT2D eigenvalue weighted by Crippen LogP contribution is -2.62. The highest BCUT2D eigenvalue weighted by Gasteiger charge is 2.50. The minimum atomic E-state index is -3.11. The van der Waals surface area contributed by atoms with Crippen LogP contribution in [-0.2, 0) is 23.9 Å². The summed E-state index contributed by atoms with van der Waals surface area (Å²) in [5, 5.41) is 28.5. The standard InChI is InChI=1S/C9H13NO8S/c1-4(11)19-3-5(12)10-6(7(13)14)9(17,18-2)8(15)16/h6,17H,3H2,1-2H3,(H,10,12)(H,13,14)(H,15,16)/t6?,9-/m0/s1. The molecule has 2 atom stereocenters. The van der Waals surface area contributed by atoms with Crippen molar-refractivity contribution in [1.29, 1.82) is 0 Å². The minimum absolute atomic E-state index is 0.373. The number of rotatable bonds is 7. The van der Waals surface area contributed by atoms with Crippen LogP contribution in [0.25, 0.3) is 0 Å².